The number of H-pyrrole nitrogens is 1. The predicted molar refractivity (Wildman–Crippen MR) is 81.9 cm³/mol. The third-order valence-corrected chi connectivity index (χ3v) is 2.90. The number of aromatic amines is 1. The smallest absolute Gasteiger partial charge is 0.220 e. The van der Waals surface area contributed by atoms with Crippen LogP contribution < -0.4 is 10.5 Å². The highest BCUT2D eigenvalue weighted by Gasteiger charge is 2.18. The first-order valence-corrected chi connectivity index (χ1v) is 6.68. The standard InChI is InChI=1S/C15H17N5O/c1-15(2,3)21-11-5-7-17-13-12(11)9(8-19-13)10-4-6-18-14(16)20-10/h4-8H,1-3H3,(H,17,19)(H2,16,18,20). The van der Waals surface area contributed by atoms with Gasteiger partial charge in [0.15, 0.2) is 0 Å². The average molecular weight is 283 g/mol. The van der Waals surface area contributed by atoms with Gasteiger partial charge in [0.1, 0.15) is 17.0 Å². The minimum atomic E-state index is -0.298. The van der Waals surface area contributed by atoms with Gasteiger partial charge >= 0.3 is 0 Å². The summed E-state index contributed by atoms with van der Waals surface area (Å²) in [7, 11) is 0. The molecule has 3 N–H and O–H groups in total. The number of hydrogen-bond donors (Lipinski definition) is 2. The van der Waals surface area contributed by atoms with Crippen molar-refractivity contribution in [3.63, 3.8) is 0 Å². The Morgan fingerprint density at radius 2 is 1.90 bits per heavy atom. The van der Waals surface area contributed by atoms with Crippen molar-refractivity contribution in [3.8, 4) is 17.0 Å². The first kappa shape index (κ1) is 13.4. The van der Waals surface area contributed by atoms with Gasteiger partial charge < -0.3 is 15.5 Å². The van der Waals surface area contributed by atoms with Crippen molar-refractivity contribution < 1.29 is 4.74 Å². The second-order valence-corrected chi connectivity index (χ2v) is 5.75. The predicted octanol–water partition coefficient (Wildman–Crippen LogP) is 2.78. The monoisotopic (exact) mass is 283 g/mol. The summed E-state index contributed by atoms with van der Waals surface area (Å²) in [5, 5.41) is 0.894. The number of hydrogen-bond acceptors (Lipinski definition) is 5. The third-order valence-electron chi connectivity index (χ3n) is 2.90. The topological polar surface area (TPSA) is 89.7 Å². The van der Waals surface area contributed by atoms with Crippen LogP contribution >= 0.6 is 0 Å². The fourth-order valence-corrected chi connectivity index (χ4v) is 2.17. The van der Waals surface area contributed by atoms with Gasteiger partial charge in [-0.25, -0.2) is 15.0 Å². The van der Waals surface area contributed by atoms with Crippen LogP contribution in [0.25, 0.3) is 22.3 Å². The van der Waals surface area contributed by atoms with Crippen LogP contribution in [0.4, 0.5) is 5.95 Å². The summed E-state index contributed by atoms with van der Waals surface area (Å²) in [6.45, 7) is 6.02. The number of nitrogen functional groups attached to an aromatic ring is 1. The maximum Gasteiger partial charge on any atom is 0.220 e. The zero-order chi connectivity index (χ0) is 15.0. The molecule has 0 aliphatic rings. The van der Waals surface area contributed by atoms with E-state index in [1.165, 1.54) is 0 Å². The highest BCUT2D eigenvalue weighted by molar-refractivity contribution is 5.97. The summed E-state index contributed by atoms with van der Waals surface area (Å²) in [4.78, 5) is 15.7. The largest absolute Gasteiger partial charge is 0.487 e. The second-order valence-electron chi connectivity index (χ2n) is 5.75. The number of nitrogens with one attached hydrogen (secondary N) is 1. The fourth-order valence-electron chi connectivity index (χ4n) is 2.17. The van der Waals surface area contributed by atoms with E-state index in [0.29, 0.717) is 0 Å². The summed E-state index contributed by atoms with van der Waals surface area (Å²) < 4.78 is 6.03. The minimum Gasteiger partial charge on any atom is -0.487 e. The molecule has 108 valence electrons. The molecule has 0 aromatic carbocycles. The zero-order valence-electron chi connectivity index (χ0n) is 12.2. The summed E-state index contributed by atoms with van der Waals surface area (Å²) in [5.74, 6) is 1.00. The Hall–Kier alpha value is -2.63. The normalized spacial score (nSPS) is 11.8. The van der Waals surface area contributed by atoms with Gasteiger partial charge in [0, 0.05) is 24.2 Å². The third kappa shape index (κ3) is 2.65. The molecule has 0 fully saturated rings. The molecule has 3 heterocycles. The van der Waals surface area contributed by atoms with Gasteiger partial charge in [-0.15, -0.1) is 0 Å². The van der Waals surface area contributed by atoms with Gasteiger partial charge in [0.05, 0.1) is 11.1 Å². The molecule has 6 nitrogen and oxygen atoms in total. The van der Waals surface area contributed by atoms with E-state index in [1.807, 2.05) is 39.1 Å². The molecule has 3 aromatic rings. The van der Waals surface area contributed by atoms with E-state index in [2.05, 4.69) is 19.9 Å². The van der Waals surface area contributed by atoms with E-state index >= 15 is 0 Å². The van der Waals surface area contributed by atoms with Crippen LogP contribution in [0.15, 0.2) is 30.7 Å². The van der Waals surface area contributed by atoms with Crippen molar-refractivity contribution in [1.82, 2.24) is 19.9 Å². The molecule has 0 radical (unpaired) electrons. The molecule has 3 rings (SSSR count). The van der Waals surface area contributed by atoms with E-state index in [-0.39, 0.29) is 11.5 Å². The van der Waals surface area contributed by atoms with E-state index in [4.69, 9.17) is 10.5 Å². The zero-order valence-corrected chi connectivity index (χ0v) is 12.2. The Morgan fingerprint density at radius 3 is 2.62 bits per heavy atom. The van der Waals surface area contributed by atoms with E-state index < -0.39 is 0 Å². The highest BCUT2D eigenvalue weighted by atomic mass is 16.5. The van der Waals surface area contributed by atoms with Gasteiger partial charge in [0.25, 0.3) is 0 Å². The Balaban J connectivity index is 2.20. The van der Waals surface area contributed by atoms with Crippen LogP contribution in [0.5, 0.6) is 5.75 Å². The van der Waals surface area contributed by atoms with Crippen LogP contribution in [0, 0.1) is 0 Å². The summed E-state index contributed by atoms with van der Waals surface area (Å²) >= 11 is 0. The summed E-state index contributed by atoms with van der Waals surface area (Å²) in [6.07, 6.45) is 5.21. The molecule has 3 aromatic heterocycles. The lowest BCUT2D eigenvalue weighted by Crippen LogP contribution is -2.23. The molecule has 6 heteroatoms. The quantitative estimate of drug-likeness (QED) is 0.754. The lowest BCUT2D eigenvalue weighted by atomic mass is 10.1. The van der Waals surface area contributed by atoms with Gasteiger partial charge in [-0.2, -0.15) is 0 Å². The van der Waals surface area contributed by atoms with Crippen LogP contribution in [-0.4, -0.2) is 25.5 Å². The van der Waals surface area contributed by atoms with Gasteiger partial charge in [-0.05, 0) is 32.9 Å². The van der Waals surface area contributed by atoms with Gasteiger partial charge in [-0.1, -0.05) is 0 Å². The summed E-state index contributed by atoms with van der Waals surface area (Å²) in [5.41, 5.74) is 7.76. The summed E-state index contributed by atoms with van der Waals surface area (Å²) in [6, 6.07) is 3.67. The van der Waals surface area contributed by atoms with Crippen molar-refractivity contribution in [3.05, 3.63) is 30.7 Å². The highest BCUT2D eigenvalue weighted by Crippen LogP contribution is 2.35. The first-order valence-electron chi connectivity index (χ1n) is 6.68. The maximum absolute atomic E-state index is 6.03. The molecule has 0 amide bonds. The SMILES string of the molecule is CC(C)(C)Oc1ccnc2[nH]cc(-c3ccnc(N)n3)c12. The molecule has 0 aliphatic carbocycles. The van der Waals surface area contributed by atoms with Crippen molar-refractivity contribution in [2.24, 2.45) is 0 Å². The van der Waals surface area contributed by atoms with Gasteiger partial charge in [-0.3, -0.25) is 0 Å². The number of ether oxygens (including phenoxy) is 1. The lowest BCUT2D eigenvalue weighted by Gasteiger charge is -2.22. The molecular weight excluding hydrogens is 266 g/mol. The molecule has 21 heavy (non-hydrogen) atoms. The van der Waals surface area contributed by atoms with Crippen LogP contribution in [-0.2, 0) is 0 Å². The van der Waals surface area contributed by atoms with Crippen molar-refractivity contribution in [1.29, 1.82) is 0 Å². The number of fused-ring (bicyclic) bond motifs is 1. The van der Waals surface area contributed by atoms with Gasteiger partial charge in [0.2, 0.25) is 5.95 Å². The molecule has 0 spiro atoms. The molecule has 0 unspecified atom stereocenters. The molecule has 0 aliphatic heterocycles. The molecular formula is C15H17N5O. The Labute approximate surface area is 122 Å². The molecule has 0 saturated heterocycles. The molecule has 0 atom stereocenters. The lowest BCUT2D eigenvalue weighted by molar-refractivity contribution is 0.133. The number of nitrogens with zero attached hydrogens (tertiary/aromatic N) is 3. The second kappa shape index (κ2) is 4.73. The first-order chi connectivity index (χ1) is 9.94. The Bertz CT molecular complexity index is 788. The molecule has 0 saturated carbocycles. The van der Waals surface area contributed by atoms with Crippen LogP contribution in [0.1, 0.15) is 20.8 Å². The maximum atomic E-state index is 6.03. The average Bonchev–Trinajstić information content (AvgIpc) is 2.82. The van der Waals surface area contributed by atoms with E-state index in [0.717, 1.165) is 28.0 Å². The van der Waals surface area contributed by atoms with E-state index in [1.54, 1.807) is 12.4 Å². The minimum absolute atomic E-state index is 0.240. The number of rotatable bonds is 2. The number of anilines is 1. The number of nitrogens with two attached hydrogens (primary N) is 1. The van der Waals surface area contributed by atoms with Crippen LogP contribution in [0.2, 0.25) is 0 Å². The Kier molecular flexibility index (Phi) is 3.01. The number of aromatic nitrogens is 4. The fraction of sp³-hybridized carbons (Fsp3) is 0.267. The van der Waals surface area contributed by atoms with E-state index in [9.17, 15) is 0 Å². The van der Waals surface area contributed by atoms with Crippen molar-refractivity contribution in [2.45, 2.75) is 26.4 Å². The Morgan fingerprint density at radius 1 is 1.14 bits per heavy atom. The number of pyridine rings is 1. The molecule has 0 bridgehead atoms. The van der Waals surface area contributed by atoms with Crippen molar-refractivity contribution >= 4 is 17.0 Å². The van der Waals surface area contributed by atoms with Crippen LogP contribution in [0.3, 0.4) is 0 Å². The van der Waals surface area contributed by atoms with Crippen molar-refractivity contribution in [2.75, 3.05) is 5.73 Å².